The third-order valence-electron chi connectivity index (χ3n) is 5.59. The summed E-state index contributed by atoms with van der Waals surface area (Å²) in [4.78, 5) is 29.5. The predicted octanol–water partition coefficient (Wildman–Crippen LogP) is 2.55. The van der Waals surface area contributed by atoms with Crippen LogP contribution in [0.2, 0.25) is 0 Å². The SMILES string of the molecule is CC(N)C1CCCN(C(=O)C2CCCN(C(=O)c3ccccc3)C2)C1.Cl. The van der Waals surface area contributed by atoms with Crippen LogP contribution in [0.1, 0.15) is 43.0 Å². The summed E-state index contributed by atoms with van der Waals surface area (Å²) in [6.45, 7) is 4.89. The summed E-state index contributed by atoms with van der Waals surface area (Å²) in [5.74, 6) is 0.553. The van der Waals surface area contributed by atoms with Crippen molar-refractivity contribution in [3.8, 4) is 0 Å². The standard InChI is InChI=1S/C20H29N3O2.ClH/c1-15(21)17-9-5-11-22(13-17)20(25)18-10-6-12-23(14-18)19(24)16-7-3-2-4-8-16;/h2-4,7-8,15,17-18H,5-6,9-14,21H2,1H3;1H. The van der Waals surface area contributed by atoms with Crippen molar-refractivity contribution in [2.45, 2.75) is 38.6 Å². The third-order valence-corrected chi connectivity index (χ3v) is 5.59. The topological polar surface area (TPSA) is 66.6 Å². The van der Waals surface area contributed by atoms with E-state index in [1.165, 1.54) is 0 Å². The fraction of sp³-hybridized carbons (Fsp3) is 0.600. The van der Waals surface area contributed by atoms with Crippen molar-refractivity contribution in [1.82, 2.24) is 9.80 Å². The first-order valence-corrected chi connectivity index (χ1v) is 9.45. The number of carbonyl (C=O) groups is 2. The lowest BCUT2D eigenvalue weighted by atomic mass is 9.90. The number of piperidine rings is 2. The molecule has 1 aromatic carbocycles. The van der Waals surface area contributed by atoms with Crippen molar-refractivity contribution in [3.05, 3.63) is 35.9 Å². The largest absolute Gasteiger partial charge is 0.342 e. The zero-order chi connectivity index (χ0) is 17.8. The molecule has 0 bridgehead atoms. The van der Waals surface area contributed by atoms with Crippen LogP contribution in [0.15, 0.2) is 30.3 Å². The number of nitrogens with zero attached hydrogens (tertiary/aromatic N) is 2. The lowest BCUT2D eigenvalue weighted by Crippen LogP contribution is -2.50. The van der Waals surface area contributed by atoms with Gasteiger partial charge in [-0.25, -0.2) is 0 Å². The van der Waals surface area contributed by atoms with E-state index >= 15 is 0 Å². The molecule has 2 aliphatic rings. The zero-order valence-corrected chi connectivity index (χ0v) is 16.3. The number of halogens is 1. The molecule has 0 aliphatic carbocycles. The molecule has 26 heavy (non-hydrogen) atoms. The number of likely N-dealkylation sites (tertiary alicyclic amines) is 2. The molecule has 0 spiro atoms. The molecule has 3 rings (SSSR count). The fourth-order valence-corrected chi connectivity index (χ4v) is 4.02. The molecule has 3 unspecified atom stereocenters. The minimum atomic E-state index is -0.0757. The van der Waals surface area contributed by atoms with Crippen LogP contribution >= 0.6 is 12.4 Å². The summed E-state index contributed by atoms with van der Waals surface area (Å²) in [5, 5.41) is 0. The van der Waals surface area contributed by atoms with Crippen molar-refractivity contribution >= 4 is 24.2 Å². The summed E-state index contributed by atoms with van der Waals surface area (Å²) in [5.41, 5.74) is 6.74. The van der Waals surface area contributed by atoms with Crippen LogP contribution in [0, 0.1) is 11.8 Å². The van der Waals surface area contributed by atoms with E-state index < -0.39 is 0 Å². The van der Waals surface area contributed by atoms with Crippen LogP contribution in [-0.4, -0.2) is 53.8 Å². The van der Waals surface area contributed by atoms with Gasteiger partial charge in [0.1, 0.15) is 0 Å². The number of amides is 2. The monoisotopic (exact) mass is 379 g/mol. The molecule has 2 heterocycles. The Morgan fingerprint density at radius 1 is 1.04 bits per heavy atom. The van der Waals surface area contributed by atoms with Gasteiger partial charge in [-0.05, 0) is 50.7 Å². The summed E-state index contributed by atoms with van der Waals surface area (Å²) in [7, 11) is 0. The van der Waals surface area contributed by atoms with E-state index in [9.17, 15) is 9.59 Å². The van der Waals surface area contributed by atoms with Gasteiger partial charge in [0.15, 0.2) is 0 Å². The van der Waals surface area contributed by atoms with Crippen molar-refractivity contribution < 1.29 is 9.59 Å². The lowest BCUT2D eigenvalue weighted by molar-refractivity contribution is -0.138. The maximum absolute atomic E-state index is 13.0. The first kappa shape index (κ1) is 20.7. The first-order chi connectivity index (χ1) is 12.1. The van der Waals surface area contributed by atoms with Crippen molar-refractivity contribution in [1.29, 1.82) is 0 Å². The van der Waals surface area contributed by atoms with Gasteiger partial charge in [0.05, 0.1) is 5.92 Å². The second kappa shape index (κ2) is 9.38. The maximum atomic E-state index is 13.0. The maximum Gasteiger partial charge on any atom is 0.253 e. The Morgan fingerprint density at radius 2 is 1.69 bits per heavy atom. The fourth-order valence-electron chi connectivity index (χ4n) is 4.02. The van der Waals surface area contributed by atoms with E-state index in [1.807, 2.05) is 47.1 Å². The average molecular weight is 380 g/mol. The van der Waals surface area contributed by atoms with Gasteiger partial charge in [-0.1, -0.05) is 18.2 Å². The Balaban J connectivity index is 0.00000243. The van der Waals surface area contributed by atoms with Gasteiger partial charge in [-0.15, -0.1) is 12.4 Å². The van der Waals surface area contributed by atoms with Gasteiger partial charge in [-0.2, -0.15) is 0 Å². The molecule has 2 aliphatic heterocycles. The van der Waals surface area contributed by atoms with E-state index in [0.29, 0.717) is 18.0 Å². The molecule has 0 saturated carbocycles. The van der Waals surface area contributed by atoms with E-state index in [2.05, 4.69) is 0 Å². The third kappa shape index (κ3) is 4.77. The molecule has 0 aromatic heterocycles. The minimum Gasteiger partial charge on any atom is -0.342 e. The Morgan fingerprint density at radius 3 is 2.38 bits per heavy atom. The Bertz CT molecular complexity index is 608. The van der Waals surface area contributed by atoms with Crippen LogP contribution in [0.5, 0.6) is 0 Å². The number of nitrogens with two attached hydrogens (primary N) is 1. The van der Waals surface area contributed by atoms with Crippen LogP contribution in [0.4, 0.5) is 0 Å². The molecular weight excluding hydrogens is 350 g/mol. The van der Waals surface area contributed by atoms with Crippen molar-refractivity contribution in [3.63, 3.8) is 0 Å². The molecule has 2 amide bonds. The molecule has 2 fully saturated rings. The lowest BCUT2D eigenvalue weighted by Gasteiger charge is -2.39. The molecule has 2 N–H and O–H groups in total. The molecular formula is C20H30ClN3O2. The molecule has 2 saturated heterocycles. The second-order valence-electron chi connectivity index (χ2n) is 7.50. The molecule has 3 atom stereocenters. The molecule has 1 aromatic rings. The Hall–Kier alpha value is -1.59. The van der Waals surface area contributed by atoms with Crippen LogP contribution in [0.25, 0.3) is 0 Å². The van der Waals surface area contributed by atoms with E-state index in [4.69, 9.17) is 5.73 Å². The summed E-state index contributed by atoms with van der Waals surface area (Å²) < 4.78 is 0. The smallest absolute Gasteiger partial charge is 0.253 e. The highest BCUT2D eigenvalue weighted by molar-refractivity contribution is 5.94. The van der Waals surface area contributed by atoms with Gasteiger partial charge in [0, 0.05) is 37.8 Å². The summed E-state index contributed by atoms with van der Waals surface area (Å²) in [6, 6.07) is 9.46. The van der Waals surface area contributed by atoms with E-state index in [0.717, 1.165) is 45.3 Å². The average Bonchev–Trinajstić information content (AvgIpc) is 2.67. The summed E-state index contributed by atoms with van der Waals surface area (Å²) >= 11 is 0. The van der Waals surface area contributed by atoms with Crippen molar-refractivity contribution in [2.24, 2.45) is 17.6 Å². The van der Waals surface area contributed by atoms with Gasteiger partial charge in [0.2, 0.25) is 5.91 Å². The minimum absolute atomic E-state index is 0. The molecule has 5 nitrogen and oxygen atoms in total. The molecule has 6 heteroatoms. The highest BCUT2D eigenvalue weighted by atomic mass is 35.5. The normalized spacial score (nSPS) is 24.5. The number of hydrogen-bond acceptors (Lipinski definition) is 3. The number of benzene rings is 1. The summed E-state index contributed by atoms with van der Waals surface area (Å²) in [6.07, 6.45) is 3.89. The number of carbonyl (C=O) groups excluding carboxylic acids is 2. The van der Waals surface area contributed by atoms with Gasteiger partial charge < -0.3 is 15.5 Å². The second-order valence-corrected chi connectivity index (χ2v) is 7.50. The van der Waals surface area contributed by atoms with E-state index in [-0.39, 0.29) is 36.2 Å². The Kier molecular flexibility index (Phi) is 7.47. The zero-order valence-electron chi connectivity index (χ0n) is 15.5. The molecule has 144 valence electrons. The highest BCUT2D eigenvalue weighted by Gasteiger charge is 2.34. The van der Waals surface area contributed by atoms with Crippen LogP contribution < -0.4 is 5.73 Å². The van der Waals surface area contributed by atoms with Gasteiger partial charge in [0.25, 0.3) is 5.91 Å². The van der Waals surface area contributed by atoms with Crippen LogP contribution in [0.3, 0.4) is 0 Å². The first-order valence-electron chi connectivity index (χ1n) is 9.45. The number of rotatable bonds is 3. The van der Waals surface area contributed by atoms with E-state index in [1.54, 1.807) is 0 Å². The molecule has 0 radical (unpaired) electrons. The Labute approximate surface area is 162 Å². The number of hydrogen-bond donors (Lipinski definition) is 1. The van der Waals surface area contributed by atoms with Crippen molar-refractivity contribution in [2.75, 3.05) is 26.2 Å². The van der Waals surface area contributed by atoms with Gasteiger partial charge in [-0.3, -0.25) is 9.59 Å². The predicted molar refractivity (Wildman–Crippen MR) is 105 cm³/mol. The van der Waals surface area contributed by atoms with Gasteiger partial charge >= 0.3 is 0 Å². The highest BCUT2D eigenvalue weighted by Crippen LogP contribution is 2.25. The van der Waals surface area contributed by atoms with Crippen LogP contribution in [-0.2, 0) is 4.79 Å². The quantitative estimate of drug-likeness (QED) is 0.877.